The van der Waals surface area contributed by atoms with Crippen LogP contribution in [0.3, 0.4) is 0 Å². The lowest BCUT2D eigenvalue weighted by Gasteiger charge is -2.01. The molecule has 1 aliphatic rings. The molecule has 2 aromatic rings. The molecule has 0 fully saturated rings. The quantitative estimate of drug-likeness (QED) is 0.699. The minimum absolute atomic E-state index is 0.152. The van der Waals surface area contributed by atoms with E-state index < -0.39 is 0 Å². The lowest BCUT2D eigenvalue weighted by atomic mass is 10.1. The number of halogens is 2. The Balaban J connectivity index is 2.01. The van der Waals surface area contributed by atoms with Gasteiger partial charge in [-0.2, -0.15) is 0 Å². The summed E-state index contributed by atoms with van der Waals surface area (Å²) in [6.45, 7) is 1.89. The van der Waals surface area contributed by atoms with Gasteiger partial charge in [-0.3, -0.25) is 4.79 Å². The van der Waals surface area contributed by atoms with Gasteiger partial charge in [-0.25, -0.2) is 0 Å². The van der Waals surface area contributed by atoms with Gasteiger partial charge >= 0.3 is 0 Å². The zero-order valence-corrected chi connectivity index (χ0v) is 12.1. The number of carbonyl (C=O) groups is 1. The number of aryl methyl sites for hydroxylation is 1. The minimum atomic E-state index is -0.152. The van der Waals surface area contributed by atoms with Gasteiger partial charge in [-0.15, -0.1) is 0 Å². The van der Waals surface area contributed by atoms with Crippen molar-refractivity contribution < 1.29 is 9.53 Å². The average molecular weight is 305 g/mol. The third kappa shape index (κ3) is 2.33. The Morgan fingerprint density at radius 2 is 1.80 bits per heavy atom. The smallest absolute Gasteiger partial charge is 0.232 e. The molecule has 0 N–H and O–H groups in total. The predicted molar refractivity (Wildman–Crippen MR) is 80.6 cm³/mol. The van der Waals surface area contributed by atoms with Crippen LogP contribution in [0.5, 0.6) is 5.75 Å². The van der Waals surface area contributed by atoms with Crippen LogP contribution >= 0.6 is 23.2 Å². The molecule has 4 heteroatoms. The zero-order valence-electron chi connectivity index (χ0n) is 10.6. The van der Waals surface area contributed by atoms with Crippen LogP contribution in [-0.2, 0) is 0 Å². The number of ether oxygens (including phenoxy) is 1. The standard InChI is InChI=1S/C16H10Cl2O2/c1-9-6-12-15(19)14(20-16(12)13(18)7-9)8-10-2-4-11(17)5-3-10/h2-8H,1H3/b14-8-. The Hall–Kier alpha value is -1.77. The number of benzene rings is 2. The lowest BCUT2D eigenvalue weighted by Crippen LogP contribution is -1.98. The molecule has 3 rings (SSSR count). The van der Waals surface area contributed by atoms with Crippen LogP contribution in [0.15, 0.2) is 42.2 Å². The zero-order chi connectivity index (χ0) is 14.3. The Kier molecular flexibility index (Phi) is 3.28. The molecule has 1 aliphatic heterocycles. The number of rotatable bonds is 1. The second-order valence-corrected chi connectivity index (χ2v) is 5.46. The van der Waals surface area contributed by atoms with Crippen molar-refractivity contribution in [1.82, 2.24) is 0 Å². The molecule has 0 aromatic heterocycles. The number of ketones is 1. The molecule has 0 atom stereocenters. The third-order valence-corrected chi connectivity index (χ3v) is 3.57. The summed E-state index contributed by atoms with van der Waals surface area (Å²) < 4.78 is 5.59. The van der Waals surface area contributed by atoms with Crippen LogP contribution in [0, 0.1) is 6.92 Å². The maximum Gasteiger partial charge on any atom is 0.232 e. The van der Waals surface area contributed by atoms with Crippen molar-refractivity contribution in [2.24, 2.45) is 0 Å². The van der Waals surface area contributed by atoms with Gasteiger partial charge in [0.15, 0.2) is 11.5 Å². The Morgan fingerprint density at radius 3 is 2.50 bits per heavy atom. The molecule has 2 nitrogen and oxygen atoms in total. The van der Waals surface area contributed by atoms with Crippen LogP contribution in [0.4, 0.5) is 0 Å². The van der Waals surface area contributed by atoms with Gasteiger partial charge < -0.3 is 4.74 Å². The van der Waals surface area contributed by atoms with Crippen molar-refractivity contribution in [2.45, 2.75) is 6.92 Å². The van der Waals surface area contributed by atoms with Gasteiger partial charge in [0.05, 0.1) is 10.6 Å². The highest BCUT2D eigenvalue weighted by atomic mass is 35.5. The van der Waals surface area contributed by atoms with E-state index in [-0.39, 0.29) is 11.5 Å². The first-order valence-corrected chi connectivity index (χ1v) is 6.80. The highest BCUT2D eigenvalue weighted by molar-refractivity contribution is 6.33. The van der Waals surface area contributed by atoms with Gasteiger partial charge in [0.2, 0.25) is 5.78 Å². The highest BCUT2D eigenvalue weighted by Crippen LogP contribution is 2.38. The summed E-state index contributed by atoms with van der Waals surface area (Å²) in [6.07, 6.45) is 1.68. The summed E-state index contributed by atoms with van der Waals surface area (Å²) >= 11 is 11.9. The fourth-order valence-corrected chi connectivity index (χ4v) is 2.53. The maximum absolute atomic E-state index is 12.3. The lowest BCUT2D eigenvalue weighted by molar-refractivity contribution is 0.101. The second kappa shape index (κ2) is 4.97. The number of hydrogen-bond donors (Lipinski definition) is 0. The summed E-state index contributed by atoms with van der Waals surface area (Å²) in [4.78, 5) is 12.3. The summed E-state index contributed by atoms with van der Waals surface area (Å²) in [5, 5.41) is 1.10. The number of Topliss-reactive ketones (excluding diaryl/α,β-unsaturated/α-hetero) is 1. The molecule has 0 saturated heterocycles. The number of hydrogen-bond acceptors (Lipinski definition) is 2. The summed E-state index contributed by atoms with van der Waals surface area (Å²) in [6, 6.07) is 10.7. The van der Waals surface area contributed by atoms with E-state index in [0.717, 1.165) is 11.1 Å². The van der Waals surface area contributed by atoms with Gasteiger partial charge in [0.25, 0.3) is 0 Å². The van der Waals surface area contributed by atoms with E-state index in [4.69, 9.17) is 27.9 Å². The molecular formula is C16H10Cl2O2. The SMILES string of the molecule is Cc1cc(Cl)c2c(c1)C(=O)/C(=C/c1ccc(Cl)cc1)O2. The van der Waals surface area contributed by atoms with E-state index in [2.05, 4.69) is 0 Å². The monoisotopic (exact) mass is 304 g/mol. The van der Waals surface area contributed by atoms with Crippen LogP contribution in [0.1, 0.15) is 21.5 Å². The first-order chi connectivity index (χ1) is 9.54. The Morgan fingerprint density at radius 1 is 1.10 bits per heavy atom. The normalized spacial score (nSPS) is 15.3. The number of fused-ring (bicyclic) bond motifs is 1. The van der Waals surface area contributed by atoms with E-state index in [0.29, 0.717) is 21.4 Å². The van der Waals surface area contributed by atoms with Crippen LogP contribution in [-0.4, -0.2) is 5.78 Å². The van der Waals surface area contributed by atoms with E-state index in [1.54, 1.807) is 30.3 Å². The molecule has 0 radical (unpaired) electrons. The van der Waals surface area contributed by atoms with E-state index in [9.17, 15) is 4.79 Å². The van der Waals surface area contributed by atoms with E-state index >= 15 is 0 Å². The Bertz CT molecular complexity index is 731. The van der Waals surface area contributed by atoms with E-state index in [1.807, 2.05) is 19.1 Å². The molecule has 0 aliphatic carbocycles. The van der Waals surface area contributed by atoms with Crippen LogP contribution < -0.4 is 4.74 Å². The molecule has 0 bridgehead atoms. The van der Waals surface area contributed by atoms with Crippen molar-refractivity contribution in [3.05, 3.63) is 68.9 Å². The van der Waals surface area contributed by atoms with Gasteiger partial charge in [0, 0.05) is 5.02 Å². The van der Waals surface area contributed by atoms with Crippen LogP contribution in [0.2, 0.25) is 10.0 Å². The third-order valence-electron chi connectivity index (χ3n) is 3.04. The first kappa shape index (κ1) is 13.2. The summed E-state index contributed by atoms with van der Waals surface area (Å²) in [5.74, 6) is 0.554. The molecule has 0 amide bonds. The summed E-state index contributed by atoms with van der Waals surface area (Å²) in [7, 11) is 0. The number of allylic oxidation sites excluding steroid dienone is 1. The molecular weight excluding hydrogens is 295 g/mol. The van der Waals surface area contributed by atoms with E-state index in [1.165, 1.54) is 0 Å². The average Bonchev–Trinajstić information content (AvgIpc) is 2.71. The molecule has 0 unspecified atom stereocenters. The molecule has 1 heterocycles. The summed E-state index contributed by atoms with van der Waals surface area (Å²) in [5.41, 5.74) is 2.28. The van der Waals surface area contributed by atoms with Crippen molar-refractivity contribution in [3.8, 4) is 5.75 Å². The molecule has 0 spiro atoms. The van der Waals surface area contributed by atoms with Gasteiger partial charge in [0.1, 0.15) is 0 Å². The second-order valence-electron chi connectivity index (χ2n) is 4.61. The van der Waals surface area contributed by atoms with Crippen LogP contribution in [0.25, 0.3) is 6.08 Å². The largest absolute Gasteiger partial charge is 0.451 e. The molecule has 100 valence electrons. The van der Waals surface area contributed by atoms with Crippen molar-refractivity contribution in [1.29, 1.82) is 0 Å². The van der Waals surface area contributed by atoms with Crippen molar-refractivity contribution >= 4 is 35.1 Å². The van der Waals surface area contributed by atoms with Gasteiger partial charge in [-0.05, 0) is 48.4 Å². The fraction of sp³-hybridized carbons (Fsp3) is 0.0625. The van der Waals surface area contributed by atoms with Crippen molar-refractivity contribution in [2.75, 3.05) is 0 Å². The highest BCUT2D eigenvalue weighted by Gasteiger charge is 2.29. The molecule has 0 saturated carbocycles. The molecule has 20 heavy (non-hydrogen) atoms. The maximum atomic E-state index is 12.3. The topological polar surface area (TPSA) is 26.3 Å². The fourth-order valence-electron chi connectivity index (χ4n) is 2.10. The first-order valence-electron chi connectivity index (χ1n) is 6.04. The minimum Gasteiger partial charge on any atom is -0.451 e. The Labute approximate surface area is 126 Å². The number of carbonyl (C=O) groups excluding carboxylic acids is 1. The van der Waals surface area contributed by atoms with Crippen molar-refractivity contribution in [3.63, 3.8) is 0 Å². The molecule has 2 aromatic carbocycles. The van der Waals surface area contributed by atoms with Gasteiger partial charge in [-0.1, -0.05) is 35.3 Å². The predicted octanol–water partition coefficient (Wildman–Crippen LogP) is 4.92.